The molecule has 0 aliphatic carbocycles. The third kappa shape index (κ3) is 4.95. The van der Waals surface area contributed by atoms with Crippen molar-refractivity contribution >= 4 is 11.7 Å². The lowest BCUT2D eigenvalue weighted by Crippen LogP contribution is -2.49. The summed E-state index contributed by atoms with van der Waals surface area (Å²) >= 11 is 0. The summed E-state index contributed by atoms with van der Waals surface area (Å²) in [7, 11) is 0. The first-order chi connectivity index (χ1) is 12.6. The van der Waals surface area contributed by atoms with Gasteiger partial charge in [-0.25, -0.2) is 4.79 Å². The average molecular weight is 354 g/mol. The Labute approximate surface area is 154 Å². The first-order valence-electron chi connectivity index (χ1n) is 9.06. The number of hydrogen-bond donors (Lipinski definition) is 1. The standard InChI is InChI=1S/C20H26N4O2/c1-3-26-19-8-7-18(21-14-19)15-23-9-11-24(12-10-23)20(25)22-17-6-4-5-16(2)13-17/h4-8,13-14H,3,9-12,15H2,1-2H3,(H,22,25). The molecule has 1 aromatic carbocycles. The predicted octanol–water partition coefficient (Wildman–Crippen LogP) is 3.14. The summed E-state index contributed by atoms with van der Waals surface area (Å²) in [5.74, 6) is 0.800. The van der Waals surface area contributed by atoms with Crippen molar-refractivity contribution < 1.29 is 9.53 Å². The van der Waals surface area contributed by atoms with Crippen LogP contribution in [0.4, 0.5) is 10.5 Å². The smallest absolute Gasteiger partial charge is 0.321 e. The Kier molecular flexibility index (Phi) is 6.07. The summed E-state index contributed by atoms with van der Waals surface area (Å²) < 4.78 is 5.42. The zero-order chi connectivity index (χ0) is 18.4. The fraction of sp³-hybridized carbons (Fsp3) is 0.400. The van der Waals surface area contributed by atoms with Gasteiger partial charge in [0.2, 0.25) is 0 Å². The molecule has 2 heterocycles. The Hall–Kier alpha value is -2.60. The zero-order valence-corrected chi connectivity index (χ0v) is 15.4. The molecule has 6 heteroatoms. The molecule has 0 atom stereocenters. The Balaban J connectivity index is 1.47. The number of amides is 2. The number of anilines is 1. The molecule has 1 fully saturated rings. The molecule has 138 valence electrons. The van der Waals surface area contributed by atoms with Crippen LogP contribution >= 0.6 is 0 Å². The molecular formula is C20H26N4O2. The molecule has 1 saturated heterocycles. The van der Waals surface area contributed by atoms with Crippen LogP contribution in [0.5, 0.6) is 5.75 Å². The Bertz CT molecular complexity index is 725. The second-order valence-electron chi connectivity index (χ2n) is 6.48. The maximum absolute atomic E-state index is 12.4. The third-order valence-electron chi connectivity index (χ3n) is 4.42. The largest absolute Gasteiger partial charge is 0.492 e. The molecule has 3 rings (SSSR count). The van der Waals surface area contributed by atoms with Crippen LogP contribution in [0.25, 0.3) is 0 Å². The number of carbonyl (C=O) groups excluding carboxylic acids is 1. The van der Waals surface area contributed by atoms with Gasteiger partial charge in [-0.2, -0.15) is 0 Å². The van der Waals surface area contributed by atoms with Crippen LogP contribution in [0.3, 0.4) is 0 Å². The van der Waals surface area contributed by atoms with Gasteiger partial charge in [-0.3, -0.25) is 9.88 Å². The van der Waals surface area contributed by atoms with Crippen LogP contribution in [0.2, 0.25) is 0 Å². The van der Waals surface area contributed by atoms with Gasteiger partial charge >= 0.3 is 6.03 Å². The molecule has 1 aliphatic rings. The Morgan fingerprint density at radius 2 is 2.00 bits per heavy atom. The minimum atomic E-state index is -0.0329. The Morgan fingerprint density at radius 3 is 2.65 bits per heavy atom. The molecule has 0 radical (unpaired) electrons. The normalized spacial score (nSPS) is 14.9. The number of aromatic nitrogens is 1. The quantitative estimate of drug-likeness (QED) is 0.896. The summed E-state index contributed by atoms with van der Waals surface area (Å²) in [4.78, 5) is 21.0. The molecule has 6 nitrogen and oxygen atoms in total. The number of nitrogens with one attached hydrogen (secondary N) is 1. The van der Waals surface area contributed by atoms with Crippen LogP contribution in [0.15, 0.2) is 42.6 Å². The second kappa shape index (κ2) is 8.67. The van der Waals surface area contributed by atoms with E-state index < -0.39 is 0 Å². The van der Waals surface area contributed by atoms with Crippen molar-refractivity contribution in [2.24, 2.45) is 0 Å². The molecule has 26 heavy (non-hydrogen) atoms. The van der Waals surface area contributed by atoms with E-state index in [1.165, 1.54) is 0 Å². The van der Waals surface area contributed by atoms with E-state index in [9.17, 15) is 4.79 Å². The molecule has 0 saturated carbocycles. The molecule has 1 aliphatic heterocycles. The first-order valence-corrected chi connectivity index (χ1v) is 9.06. The van der Waals surface area contributed by atoms with Gasteiger partial charge in [0.1, 0.15) is 5.75 Å². The third-order valence-corrected chi connectivity index (χ3v) is 4.42. The van der Waals surface area contributed by atoms with Crippen LogP contribution in [-0.2, 0) is 6.54 Å². The lowest BCUT2D eigenvalue weighted by molar-refractivity contribution is 0.142. The molecule has 0 spiro atoms. The number of urea groups is 1. The van der Waals surface area contributed by atoms with Crippen molar-refractivity contribution in [2.75, 3.05) is 38.1 Å². The summed E-state index contributed by atoms with van der Waals surface area (Å²) in [5.41, 5.74) is 3.00. The molecule has 2 aromatic rings. The highest BCUT2D eigenvalue weighted by Crippen LogP contribution is 2.14. The number of rotatable bonds is 5. The minimum Gasteiger partial charge on any atom is -0.492 e. The number of pyridine rings is 1. The predicted molar refractivity (Wildman–Crippen MR) is 102 cm³/mol. The number of ether oxygens (including phenoxy) is 1. The fourth-order valence-electron chi connectivity index (χ4n) is 3.02. The van der Waals surface area contributed by atoms with Crippen LogP contribution in [0, 0.1) is 6.92 Å². The topological polar surface area (TPSA) is 57.7 Å². The van der Waals surface area contributed by atoms with Gasteiger partial charge in [0, 0.05) is 38.4 Å². The number of nitrogens with zero attached hydrogens (tertiary/aromatic N) is 3. The van der Waals surface area contributed by atoms with E-state index in [0.29, 0.717) is 19.7 Å². The number of aryl methyl sites for hydroxylation is 1. The van der Waals surface area contributed by atoms with Crippen LogP contribution in [0.1, 0.15) is 18.2 Å². The van der Waals surface area contributed by atoms with Crippen molar-refractivity contribution in [1.29, 1.82) is 0 Å². The summed E-state index contributed by atoms with van der Waals surface area (Å²) in [5, 5.41) is 2.98. The maximum Gasteiger partial charge on any atom is 0.321 e. The second-order valence-corrected chi connectivity index (χ2v) is 6.48. The molecule has 1 aromatic heterocycles. The van der Waals surface area contributed by atoms with E-state index in [1.54, 1.807) is 6.20 Å². The van der Waals surface area contributed by atoms with Gasteiger partial charge in [-0.15, -0.1) is 0 Å². The van der Waals surface area contributed by atoms with Gasteiger partial charge in [0.25, 0.3) is 0 Å². The van der Waals surface area contributed by atoms with Gasteiger partial charge < -0.3 is 15.0 Å². The maximum atomic E-state index is 12.4. The Morgan fingerprint density at radius 1 is 1.19 bits per heavy atom. The lowest BCUT2D eigenvalue weighted by atomic mass is 10.2. The molecule has 1 N–H and O–H groups in total. The van der Waals surface area contributed by atoms with Crippen LogP contribution < -0.4 is 10.1 Å². The highest BCUT2D eigenvalue weighted by Gasteiger charge is 2.21. The van der Waals surface area contributed by atoms with E-state index in [2.05, 4.69) is 15.2 Å². The van der Waals surface area contributed by atoms with E-state index >= 15 is 0 Å². The minimum absolute atomic E-state index is 0.0329. The lowest BCUT2D eigenvalue weighted by Gasteiger charge is -2.34. The summed E-state index contributed by atoms with van der Waals surface area (Å²) in [6.07, 6.45) is 1.77. The van der Waals surface area contributed by atoms with E-state index in [0.717, 1.165) is 42.3 Å². The molecule has 2 amide bonds. The van der Waals surface area contributed by atoms with E-state index in [-0.39, 0.29) is 6.03 Å². The highest BCUT2D eigenvalue weighted by molar-refractivity contribution is 5.89. The monoisotopic (exact) mass is 354 g/mol. The van der Waals surface area contributed by atoms with Crippen molar-refractivity contribution in [3.63, 3.8) is 0 Å². The van der Waals surface area contributed by atoms with Crippen molar-refractivity contribution in [2.45, 2.75) is 20.4 Å². The zero-order valence-electron chi connectivity index (χ0n) is 15.4. The average Bonchev–Trinajstić information content (AvgIpc) is 2.64. The molecule has 0 unspecified atom stereocenters. The van der Waals surface area contributed by atoms with Gasteiger partial charge in [-0.1, -0.05) is 12.1 Å². The summed E-state index contributed by atoms with van der Waals surface area (Å²) in [6.45, 7) is 8.54. The van der Waals surface area contributed by atoms with Crippen molar-refractivity contribution in [1.82, 2.24) is 14.8 Å². The van der Waals surface area contributed by atoms with Crippen molar-refractivity contribution in [3.8, 4) is 5.75 Å². The number of hydrogen-bond acceptors (Lipinski definition) is 4. The van der Waals surface area contributed by atoms with E-state index in [4.69, 9.17) is 4.74 Å². The van der Waals surface area contributed by atoms with Gasteiger partial charge in [0.15, 0.2) is 0 Å². The fourth-order valence-corrected chi connectivity index (χ4v) is 3.02. The van der Waals surface area contributed by atoms with Crippen LogP contribution in [-0.4, -0.2) is 53.6 Å². The van der Waals surface area contributed by atoms with E-state index in [1.807, 2.05) is 55.1 Å². The number of piperazine rings is 1. The summed E-state index contributed by atoms with van der Waals surface area (Å²) in [6, 6.07) is 11.8. The highest BCUT2D eigenvalue weighted by atomic mass is 16.5. The van der Waals surface area contributed by atoms with Crippen molar-refractivity contribution in [3.05, 3.63) is 53.9 Å². The molecule has 0 bridgehead atoms. The number of benzene rings is 1. The van der Waals surface area contributed by atoms with Gasteiger partial charge in [-0.05, 0) is 43.7 Å². The first kappa shape index (κ1) is 18.2. The molecular weight excluding hydrogens is 328 g/mol. The number of carbonyl (C=O) groups is 1. The SMILES string of the molecule is CCOc1ccc(CN2CCN(C(=O)Nc3cccc(C)c3)CC2)nc1. The van der Waals surface area contributed by atoms with Gasteiger partial charge in [0.05, 0.1) is 18.5 Å².